The minimum absolute atomic E-state index is 0.403. The lowest BCUT2D eigenvalue weighted by molar-refractivity contribution is -0.138. The lowest BCUT2D eigenvalue weighted by atomic mass is 10.0. The third kappa shape index (κ3) is 3.90. The summed E-state index contributed by atoms with van der Waals surface area (Å²) in [5, 5.41) is 11.4. The maximum absolute atomic E-state index is 11.9. The minimum atomic E-state index is -1.10. The molecule has 0 saturated carbocycles. The third-order valence-corrected chi connectivity index (χ3v) is 3.00. The number of carbonyl (C=O) groups excluding carboxylic acids is 1. The number of carbonyl (C=O) groups is 2. The van der Waals surface area contributed by atoms with Crippen molar-refractivity contribution in [3.05, 3.63) is 54.6 Å². The predicted molar refractivity (Wildman–Crippen MR) is 80.7 cm³/mol. The van der Waals surface area contributed by atoms with Crippen LogP contribution in [0, 0.1) is 0 Å². The van der Waals surface area contributed by atoms with Gasteiger partial charge in [-0.15, -0.1) is 0 Å². The fraction of sp³-hybridized carbons (Fsp3) is 0.125. The van der Waals surface area contributed by atoms with E-state index in [0.29, 0.717) is 5.69 Å². The quantitative estimate of drug-likeness (QED) is 0.784. The highest BCUT2D eigenvalue weighted by atomic mass is 16.4. The van der Waals surface area contributed by atoms with Gasteiger partial charge in [-0.2, -0.15) is 0 Å². The SMILES string of the molecule is NC(CC(=O)O)C(=O)Nc1ccccc1-c1ccccc1. The Morgan fingerprint density at radius 1 is 1.05 bits per heavy atom. The molecule has 1 atom stereocenters. The highest BCUT2D eigenvalue weighted by molar-refractivity contribution is 5.99. The van der Waals surface area contributed by atoms with Crippen molar-refractivity contribution in [3.8, 4) is 11.1 Å². The molecule has 0 spiro atoms. The molecule has 0 aliphatic carbocycles. The van der Waals surface area contributed by atoms with Gasteiger partial charge in [-0.05, 0) is 11.6 Å². The highest BCUT2D eigenvalue weighted by Gasteiger charge is 2.18. The summed E-state index contributed by atoms with van der Waals surface area (Å²) < 4.78 is 0. The Balaban J connectivity index is 2.22. The number of para-hydroxylation sites is 1. The molecule has 1 unspecified atom stereocenters. The summed E-state index contributed by atoms with van der Waals surface area (Å²) in [7, 11) is 0. The maximum Gasteiger partial charge on any atom is 0.305 e. The van der Waals surface area contributed by atoms with Crippen molar-refractivity contribution in [2.75, 3.05) is 5.32 Å². The first-order valence-corrected chi connectivity index (χ1v) is 6.50. The van der Waals surface area contributed by atoms with Crippen molar-refractivity contribution in [2.45, 2.75) is 12.5 Å². The van der Waals surface area contributed by atoms with E-state index in [9.17, 15) is 9.59 Å². The molecule has 108 valence electrons. The number of aliphatic carboxylic acids is 1. The molecule has 0 aliphatic rings. The van der Waals surface area contributed by atoms with Crippen LogP contribution in [0.2, 0.25) is 0 Å². The normalized spacial score (nSPS) is 11.7. The van der Waals surface area contributed by atoms with Crippen LogP contribution in [-0.4, -0.2) is 23.0 Å². The molecular weight excluding hydrogens is 268 g/mol. The lowest BCUT2D eigenvalue weighted by Crippen LogP contribution is -2.37. The summed E-state index contributed by atoms with van der Waals surface area (Å²) in [5.41, 5.74) is 7.98. The van der Waals surface area contributed by atoms with Crippen molar-refractivity contribution < 1.29 is 14.7 Å². The largest absolute Gasteiger partial charge is 0.481 e. The molecule has 0 saturated heterocycles. The maximum atomic E-state index is 11.9. The molecule has 2 rings (SSSR count). The Kier molecular flexibility index (Phi) is 4.68. The number of anilines is 1. The van der Waals surface area contributed by atoms with Crippen LogP contribution < -0.4 is 11.1 Å². The minimum Gasteiger partial charge on any atom is -0.481 e. The molecule has 4 N–H and O–H groups in total. The third-order valence-electron chi connectivity index (χ3n) is 3.00. The second-order valence-electron chi connectivity index (χ2n) is 4.61. The molecule has 0 fully saturated rings. The molecule has 0 heterocycles. The zero-order valence-electron chi connectivity index (χ0n) is 11.3. The van der Waals surface area contributed by atoms with Crippen LogP contribution in [0.1, 0.15) is 6.42 Å². The second-order valence-corrected chi connectivity index (χ2v) is 4.61. The van der Waals surface area contributed by atoms with Gasteiger partial charge in [0.15, 0.2) is 0 Å². The first-order valence-electron chi connectivity index (χ1n) is 6.50. The Morgan fingerprint density at radius 2 is 1.67 bits per heavy atom. The molecule has 2 aromatic carbocycles. The van der Waals surface area contributed by atoms with Crippen LogP contribution in [0.3, 0.4) is 0 Å². The summed E-state index contributed by atoms with van der Waals surface area (Å²) in [6.07, 6.45) is -0.403. The summed E-state index contributed by atoms with van der Waals surface area (Å²) in [5.74, 6) is -1.62. The van der Waals surface area contributed by atoms with Crippen LogP contribution >= 0.6 is 0 Å². The van der Waals surface area contributed by atoms with E-state index in [2.05, 4.69) is 5.32 Å². The number of carboxylic acids is 1. The fourth-order valence-electron chi connectivity index (χ4n) is 1.97. The van der Waals surface area contributed by atoms with E-state index in [1.54, 1.807) is 12.1 Å². The molecular formula is C16H16N2O3. The van der Waals surface area contributed by atoms with Gasteiger partial charge in [-0.3, -0.25) is 9.59 Å². The topological polar surface area (TPSA) is 92.4 Å². The number of hydrogen-bond donors (Lipinski definition) is 3. The highest BCUT2D eigenvalue weighted by Crippen LogP contribution is 2.27. The summed E-state index contributed by atoms with van der Waals surface area (Å²) >= 11 is 0. The number of amides is 1. The van der Waals surface area contributed by atoms with E-state index < -0.39 is 24.3 Å². The van der Waals surface area contributed by atoms with Crippen molar-refractivity contribution in [3.63, 3.8) is 0 Å². The van der Waals surface area contributed by atoms with Gasteiger partial charge in [0.1, 0.15) is 0 Å². The van der Waals surface area contributed by atoms with Crippen LogP contribution in [0.4, 0.5) is 5.69 Å². The number of benzene rings is 2. The Morgan fingerprint density at radius 3 is 2.33 bits per heavy atom. The summed E-state index contributed by atoms with van der Waals surface area (Å²) in [6.45, 7) is 0. The molecule has 2 aromatic rings. The number of carboxylic acid groups (broad SMARTS) is 1. The zero-order valence-corrected chi connectivity index (χ0v) is 11.3. The molecule has 0 radical (unpaired) electrons. The van der Waals surface area contributed by atoms with Crippen molar-refractivity contribution in [2.24, 2.45) is 5.73 Å². The van der Waals surface area contributed by atoms with E-state index >= 15 is 0 Å². The Hall–Kier alpha value is -2.66. The zero-order chi connectivity index (χ0) is 15.2. The van der Waals surface area contributed by atoms with Crippen molar-refractivity contribution >= 4 is 17.6 Å². The van der Waals surface area contributed by atoms with Gasteiger partial charge < -0.3 is 16.2 Å². The van der Waals surface area contributed by atoms with Gasteiger partial charge in [-0.1, -0.05) is 48.5 Å². The van der Waals surface area contributed by atoms with Crippen molar-refractivity contribution in [1.29, 1.82) is 0 Å². The smallest absolute Gasteiger partial charge is 0.305 e. The first-order chi connectivity index (χ1) is 10.1. The fourth-order valence-corrected chi connectivity index (χ4v) is 1.97. The van der Waals surface area contributed by atoms with Crippen LogP contribution in [-0.2, 0) is 9.59 Å². The predicted octanol–water partition coefficient (Wildman–Crippen LogP) is 2.09. The number of nitrogens with one attached hydrogen (secondary N) is 1. The van der Waals surface area contributed by atoms with E-state index in [-0.39, 0.29) is 0 Å². The van der Waals surface area contributed by atoms with Crippen LogP contribution in [0.5, 0.6) is 0 Å². The number of hydrogen-bond acceptors (Lipinski definition) is 3. The van der Waals surface area contributed by atoms with Gasteiger partial charge in [-0.25, -0.2) is 0 Å². The van der Waals surface area contributed by atoms with E-state index in [4.69, 9.17) is 10.8 Å². The van der Waals surface area contributed by atoms with Crippen LogP contribution in [0.25, 0.3) is 11.1 Å². The molecule has 21 heavy (non-hydrogen) atoms. The molecule has 1 amide bonds. The first kappa shape index (κ1) is 14.7. The second kappa shape index (κ2) is 6.67. The summed E-state index contributed by atoms with van der Waals surface area (Å²) in [6, 6.07) is 15.8. The molecule has 5 heteroatoms. The Bertz CT molecular complexity index is 641. The van der Waals surface area contributed by atoms with Gasteiger partial charge in [0.05, 0.1) is 12.5 Å². The molecule has 0 aliphatic heterocycles. The number of rotatable bonds is 5. The average molecular weight is 284 g/mol. The van der Waals surface area contributed by atoms with E-state index in [1.807, 2.05) is 42.5 Å². The van der Waals surface area contributed by atoms with E-state index in [1.165, 1.54) is 0 Å². The van der Waals surface area contributed by atoms with Gasteiger partial charge in [0.25, 0.3) is 0 Å². The number of nitrogens with two attached hydrogens (primary N) is 1. The summed E-state index contributed by atoms with van der Waals surface area (Å²) in [4.78, 5) is 22.5. The van der Waals surface area contributed by atoms with Crippen LogP contribution in [0.15, 0.2) is 54.6 Å². The monoisotopic (exact) mass is 284 g/mol. The van der Waals surface area contributed by atoms with Crippen molar-refractivity contribution in [1.82, 2.24) is 0 Å². The molecule has 5 nitrogen and oxygen atoms in total. The van der Waals surface area contributed by atoms with E-state index in [0.717, 1.165) is 11.1 Å². The average Bonchev–Trinajstić information content (AvgIpc) is 2.48. The van der Waals surface area contributed by atoms with Gasteiger partial charge in [0.2, 0.25) is 5.91 Å². The van der Waals surface area contributed by atoms with Gasteiger partial charge in [0, 0.05) is 11.3 Å². The molecule has 0 aromatic heterocycles. The molecule has 0 bridgehead atoms. The lowest BCUT2D eigenvalue weighted by Gasteiger charge is -2.14. The van der Waals surface area contributed by atoms with Gasteiger partial charge >= 0.3 is 5.97 Å². The Labute approximate surface area is 122 Å². The standard InChI is InChI=1S/C16H16N2O3/c17-13(10-15(19)20)16(21)18-14-9-5-4-8-12(14)11-6-2-1-3-7-11/h1-9,13H,10,17H2,(H,18,21)(H,19,20).